The Morgan fingerprint density at radius 2 is 0.737 bits per heavy atom. The van der Waals surface area contributed by atoms with Crippen molar-refractivity contribution in [2.75, 3.05) is 0 Å². The van der Waals surface area contributed by atoms with Crippen molar-refractivity contribution >= 4 is 100 Å². The number of benzene rings is 2. The molecule has 0 atom stereocenters. The van der Waals surface area contributed by atoms with Gasteiger partial charge in [-0.05, 0) is 81.4 Å². The van der Waals surface area contributed by atoms with Gasteiger partial charge in [-0.25, -0.2) is 0 Å². The molecule has 0 spiro atoms. The lowest BCUT2D eigenvalue weighted by atomic mass is 9.71. The van der Waals surface area contributed by atoms with Crippen molar-refractivity contribution in [3.05, 3.63) is 148 Å². The average molecular weight is 850 g/mol. The third-order valence-electron chi connectivity index (χ3n) is 10.6. The Morgan fingerprint density at radius 1 is 0.439 bits per heavy atom. The molecule has 0 unspecified atom stereocenters. The second kappa shape index (κ2) is 14.6. The van der Waals surface area contributed by atoms with Gasteiger partial charge in [-0.15, -0.1) is 34.0 Å². The fourth-order valence-electron chi connectivity index (χ4n) is 7.50. The van der Waals surface area contributed by atoms with Crippen LogP contribution in [0.3, 0.4) is 0 Å². The number of Topliss-reactive ketones (excluding diaryl/α,β-unsaturated/α-hetero) is 2. The van der Waals surface area contributed by atoms with E-state index in [0.29, 0.717) is 10.0 Å². The van der Waals surface area contributed by atoms with Gasteiger partial charge >= 0.3 is 0 Å². The molecule has 0 amide bonds. The molecule has 2 aliphatic rings. The van der Waals surface area contributed by atoms with Crippen LogP contribution in [0.15, 0.2) is 118 Å². The molecule has 0 N–H and O–H groups in total. The van der Waals surface area contributed by atoms with Crippen LogP contribution in [0.5, 0.6) is 0 Å². The van der Waals surface area contributed by atoms with E-state index in [9.17, 15) is 9.59 Å². The monoisotopic (exact) mass is 848 g/mol. The van der Waals surface area contributed by atoms with Crippen LogP contribution in [0.4, 0.5) is 0 Å². The summed E-state index contributed by atoms with van der Waals surface area (Å²) in [6.07, 6.45) is 8.38. The number of fused-ring (bicyclic) bond motifs is 2. The third-order valence-corrected chi connectivity index (χ3v) is 15.1. The first-order valence-electron chi connectivity index (χ1n) is 19.4. The molecule has 0 radical (unpaired) electrons. The summed E-state index contributed by atoms with van der Waals surface area (Å²) in [5.41, 5.74) is 5.51. The predicted molar refractivity (Wildman–Crippen MR) is 250 cm³/mol. The fraction of sp³-hybridized carbons (Fsp3) is 0.320. The Balaban J connectivity index is 1.59. The normalized spacial score (nSPS) is 16.0. The van der Waals surface area contributed by atoms with Crippen molar-refractivity contribution in [2.24, 2.45) is 21.7 Å². The van der Waals surface area contributed by atoms with Gasteiger partial charge in [0.1, 0.15) is 0 Å². The lowest BCUT2D eigenvalue weighted by Crippen LogP contribution is -2.28. The first kappa shape index (κ1) is 41.6. The zero-order chi connectivity index (χ0) is 41.6. The van der Waals surface area contributed by atoms with Gasteiger partial charge < -0.3 is 0 Å². The largest absolute Gasteiger partial charge is 0.289 e. The number of allylic oxidation sites excluding steroid dienone is 10. The summed E-state index contributed by atoms with van der Waals surface area (Å²) in [4.78, 5) is 32.4. The molecule has 2 aromatic carbocycles. The van der Waals surface area contributed by atoms with Crippen molar-refractivity contribution in [3.8, 4) is 0 Å². The van der Waals surface area contributed by atoms with Crippen molar-refractivity contribution in [1.29, 1.82) is 0 Å². The van der Waals surface area contributed by atoms with E-state index in [1.165, 1.54) is 0 Å². The van der Waals surface area contributed by atoms with Crippen LogP contribution in [0.25, 0.3) is 31.3 Å². The average Bonchev–Trinajstić information content (AvgIpc) is 3.81. The van der Waals surface area contributed by atoms with E-state index in [2.05, 4.69) is 144 Å². The first-order valence-corrected chi connectivity index (χ1v) is 22.6. The maximum absolute atomic E-state index is 14.2. The lowest BCUT2D eigenvalue weighted by Gasteiger charge is -2.32. The summed E-state index contributed by atoms with van der Waals surface area (Å²) in [6.45, 7) is 25.3. The topological polar surface area (TPSA) is 34.1 Å². The number of thiophene rings is 3. The standard InChI is InChI=1S/C50H50Cl2O2S3/c1-47(2,3)31-23-27(24-32(43(31)53)48(4,5)6)39(45-41(51)29-17-13-15-19-35(29)56-45)37-21-22-38(55-37)40(46-42(52)30-18-14-16-20-36(30)57-46)28-25-33(49(7,8)9)44(54)34(26-28)50(10,11)12/h13-26H,1-12H3. The van der Waals surface area contributed by atoms with Crippen LogP contribution in [0.2, 0.25) is 10.0 Å². The highest BCUT2D eigenvalue weighted by Crippen LogP contribution is 2.51. The van der Waals surface area contributed by atoms with Crippen LogP contribution in [-0.4, -0.2) is 11.6 Å². The van der Waals surface area contributed by atoms with Gasteiger partial charge in [0.05, 0.1) is 19.8 Å². The number of carbonyl (C=O) groups excluding carboxylic acids is 2. The molecular weight excluding hydrogens is 800 g/mol. The van der Waals surface area contributed by atoms with E-state index in [-0.39, 0.29) is 33.2 Å². The highest BCUT2D eigenvalue weighted by molar-refractivity contribution is 7.22. The summed E-state index contributed by atoms with van der Waals surface area (Å²) in [6, 6.07) is 20.9. The first-order chi connectivity index (χ1) is 26.5. The minimum Gasteiger partial charge on any atom is -0.289 e. The molecule has 5 aromatic rings. The summed E-state index contributed by atoms with van der Waals surface area (Å²) >= 11 is 19.8. The van der Waals surface area contributed by atoms with Crippen molar-refractivity contribution < 1.29 is 9.59 Å². The van der Waals surface area contributed by atoms with Gasteiger partial charge in [0, 0.05) is 63.4 Å². The van der Waals surface area contributed by atoms with E-state index < -0.39 is 0 Å². The minimum atomic E-state index is -0.384. The maximum Gasteiger partial charge on any atom is 0.186 e. The van der Waals surface area contributed by atoms with Crippen molar-refractivity contribution in [2.45, 2.75) is 83.1 Å². The number of carbonyl (C=O) groups is 2. The number of ketones is 2. The Bertz CT molecular complexity index is 2440. The maximum atomic E-state index is 14.2. The van der Waals surface area contributed by atoms with Crippen LogP contribution < -0.4 is 0 Å². The lowest BCUT2D eigenvalue weighted by molar-refractivity contribution is -0.114. The van der Waals surface area contributed by atoms with Gasteiger partial charge in [0.15, 0.2) is 11.6 Å². The number of hydrogen-bond acceptors (Lipinski definition) is 5. The smallest absolute Gasteiger partial charge is 0.186 e. The molecule has 0 saturated carbocycles. The Morgan fingerprint density at radius 3 is 1.02 bits per heavy atom. The molecule has 294 valence electrons. The number of halogens is 2. The zero-order valence-electron chi connectivity index (χ0n) is 34.9. The molecular formula is C50H50Cl2O2S3. The molecule has 0 aliphatic heterocycles. The molecule has 0 bridgehead atoms. The Hall–Kier alpha value is -3.58. The molecule has 3 heterocycles. The Labute approximate surface area is 360 Å². The van der Waals surface area contributed by atoms with E-state index in [0.717, 1.165) is 84.3 Å². The molecule has 57 heavy (non-hydrogen) atoms. The van der Waals surface area contributed by atoms with Gasteiger partial charge in [0.2, 0.25) is 0 Å². The van der Waals surface area contributed by atoms with Crippen LogP contribution in [0, 0.1) is 21.7 Å². The number of hydrogen-bond donors (Lipinski definition) is 0. The Kier molecular flexibility index (Phi) is 10.7. The van der Waals surface area contributed by atoms with E-state index in [1.54, 1.807) is 34.0 Å². The minimum absolute atomic E-state index is 0.0913. The van der Waals surface area contributed by atoms with Gasteiger partial charge in [0.25, 0.3) is 0 Å². The van der Waals surface area contributed by atoms with Crippen LogP contribution in [-0.2, 0) is 9.59 Å². The second-order valence-corrected chi connectivity index (χ2v) is 23.1. The molecule has 2 aliphatic carbocycles. The van der Waals surface area contributed by atoms with Gasteiger partial charge in [-0.3, -0.25) is 9.59 Å². The van der Waals surface area contributed by atoms with Crippen LogP contribution >= 0.6 is 57.2 Å². The molecule has 0 saturated heterocycles. The molecule has 2 nitrogen and oxygen atoms in total. The van der Waals surface area contributed by atoms with E-state index >= 15 is 0 Å². The molecule has 7 heteroatoms. The third kappa shape index (κ3) is 7.72. The predicted octanol–water partition coefficient (Wildman–Crippen LogP) is 16.1. The zero-order valence-corrected chi connectivity index (χ0v) is 38.8. The highest BCUT2D eigenvalue weighted by atomic mass is 35.5. The molecule has 3 aromatic heterocycles. The van der Waals surface area contributed by atoms with E-state index in [4.69, 9.17) is 23.2 Å². The summed E-state index contributed by atoms with van der Waals surface area (Å²) < 4.78 is 2.21. The molecule has 7 rings (SSSR count). The SMILES string of the molecule is CC(C)(C)C1=CC(=C(c2ccc(C(=C3C=C(C(C)(C)C)C(=O)C(C(C)(C)C)=C3)c3sc4ccccc4c3Cl)s2)c2sc3ccccc3c2Cl)C=C(C(C)(C)C)C1=O. The summed E-state index contributed by atoms with van der Waals surface area (Å²) in [7, 11) is 0. The van der Waals surface area contributed by atoms with E-state index in [1.807, 2.05) is 24.3 Å². The fourth-order valence-corrected chi connectivity index (χ4v) is 12.0. The quantitative estimate of drug-likeness (QED) is 0.181. The summed E-state index contributed by atoms with van der Waals surface area (Å²) in [5, 5.41) is 3.42. The van der Waals surface area contributed by atoms with Crippen molar-refractivity contribution in [3.63, 3.8) is 0 Å². The van der Waals surface area contributed by atoms with Gasteiger partial charge in [-0.2, -0.15) is 0 Å². The number of rotatable bonds is 4. The van der Waals surface area contributed by atoms with Gasteiger partial charge in [-0.1, -0.05) is 143 Å². The molecule has 0 fully saturated rings. The highest BCUT2D eigenvalue weighted by Gasteiger charge is 2.37. The second-order valence-electron chi connectivity index (χ2n) is 19.2. The van der Waals surface area contributed by atoms with Crippen LogP contribution in [0.1, 0.15) is 103 Å². The summed E-state index contributed by atoms with van der Waals surface area (Å²) in [5.74, 6) is 0.183. The van der Waals surface area contributed by atoms with Crippen molar-refractivity contribution in [1.82, 2.24) is 0 Å².